The molecule has 1 amide bonds. The van der Waals surface area contributed by atoms with Gasteiger partial charge < -0.3 is 4.74 Å². The summed E-state index contributed by atoms with van der Waals surface area (Å²) in [7, 11) is -2.51. The highest BCUT2D eigenvalue weighted by Gasteiger charge is 2.27. The first-order valence-electron chi connectivity index (χ1n) is 9.19. The van der Waals surface area contributed by atoms with Crippen LogP contribution in [0, 0.1) is 0 Å². The van der Waals surface area contributed by atoms with E-state index in [1.165, 1.54) is 25.5 Å². The average molecular weight is 502 g/mol. The zero-order valence-electron chi connectivity index (χ0n) is 16.6. The Morgan fingerprint density at radius 2 is 1.77 bits per heavy atom. The van der Waals surface area contributed by atoms with Gasteiger partial charge >= 0.3 is 0 Å². The predicted molar refractivity (Wildman–Crippen MR) is 124 cm³/mol. The molecule has 0 fully saturated rings. The second kappa shape index (κ2) is 10.2. The third-order valence-electron chi connectivity index (χ3n) is 4.23. The molecule has 3 rings (SSSR count). The molecule has 0 bridgehead atoms. The molecule has 9 heteroatoms. The Bertz CT molecular complexity index is 1170. The van der Waals surface area contributed by atoms with Gasteiger partial charge in [0.05, 0.1) is 23.9 Å². The first-order chi connectivity index (χ1) is 14.9. The number of anilines is 1. The van der Waals surface area contributed by atoms with Crippen LogP contribution in [0.4, 0.5) is 5.69 Å². The number of hydrogen-bond acceptors (Lipinski definition) is 5. The van der Waals surface area contributed by atoms with Crippen LogP contribution in [-0.2, 0) is 14.8 Å². The third-order valence-corrected chi connectivity index (χ3v) is 6.55. The van der Waals surface area contributed by atoms with Crippen LogP contribution in [0.5, 0.6) is 5.75 Å². The number of halogens is 1. The van der Waals surface area contributed by atoms with Gasteiger partial charge in [0.2, 0.25) is 0 Å². The summed E-state index contributed by atoms with van der Waals surface area (Å²) in [4.78, 5) is 12.6. The van der Waals surface area contributed by atoms with E-state index in [1.54, 1.807) is 42.5 Å². The van der Waals surface area contributed by atoms with Gasteiger partial charge in [-0.15, -0.1) is 0 Å². The molecular formula is C22H20BrN3O4S. The third kappa shape index (κ3) is 5.93. The molecule has 3 aromatic carbocycles. The highest BCUT2D eigenvalue weighted by molar-refractivity contribution is 9.10. The van der Waals surface area contributed by atoms with Gasteiger partial charge in [0.15, 0.2) is 0 Å². The molecule has 0 radical (unpaired) electrons. The van der Waals surface area contributed by atoms with Crippen LogP contribution in [0.3, 0.4) is 0 Å². The van der Waals surface area contributed by atoms with Crippen molar-refractivity contribution in [2.45, 2.75) is 4.90 Å². The number of sulfonamides is 1. The molecule has 0 aromatic heterocycles. The quantitative estimate of drug-likeness (QED) is 0.375. The van der Waals surface area contributed by atoms with Crippen LogP contribution < -0.4 is 14.5 Å². The molecule has 160 valence electrons. The number of nitrogens with zero attached hydrogens (tertiary/aromatic N) is 2. The molecule has 1 N–H and O–H groups in total. The molecule has 7 nitrogen and oxygen atoms in total. The Morgan fingerprint density at radius 3 is 2.45 bits per heavy atom. The highest BCUT2D eigenvalue weighted by Crippen LogP contribution is 2.26. The number of benzene rings is 3. The summed E-state index contributed by atoms with van der Waals surface area (Å²) in [5, 5.41) is 3.92. The highest BCUT2D eigenvalue weighted by atomic mass is 79.9. The van der Waals surface area contributed by atoms with Crippen LogP contribution in [0.15, 0.2) is 93.3 Å². The number of carbonyl (C=O) groups is 1. The smallest absolute Gasteiger partial charge is 0.264 e. The monoisotopic (exact) mass is 501 g/mol. The number of nitrogens with one attached hydrogen (secondary N) is 1. The van der Waals surface area contributed by atoms with E-state index in [1.807, 2.05) is 24.3 Å². The topological polar surface area (TPSA) is 88.1 Å². The average Bonchev–Trinajstić information content (AvgIpc) is 2.79. The number of hydrogen-bond donors (Lipinski definition) is 1. The molecule has 0 aliphatic heterocycles. The molecule has 0 heterocycles. The van der Waals surface area contributed by atoms with Crippen LogP contribution in [0.25, 0.3) is 0 Å². The molecule has 0 aliphatic carbocycles. The summed E-state index contributed by atoms with van der Waals surface area (Å²) in [5.41, 5.74) is 3.46. The largest absolute Gasteiger partial charge is 0.497 e. The van der Waals surface area contributed by atoms with Crippen molar-refractivity contribution in [2.75, 3.05) is 18.0 Å². The molecule has 31 heavy (non-hydrogen) atoms. The van der Waals surface area contributed by atoms with E-state index in [4.69, 9.17) is 4.74 Å². The molecule has 0 aliphatic rings. The van der Waals surface area contributed by atoms with Gasteiger partial charge in [0.25, 0.3) is 15.9 Å². The van der Waals surface area contributed by atoms with E-state index >= 15 is 0 Å². The van der Waals surface area contributed by atoms with Crippen LogP contribution in [0.1, 0.15) is 5.56 Å². The second-order valence-electron chi connectivity index (χ2n) is 6.37. The number of ether oxygens (including phenoxy) is 1. The molecular weight excluding hydrogens is 482 g/mol. The Labute approximate surface area is 189 Å². The molecule has 0 saturated carbocycles. The summed E-state index contributed by atoms with van der Waals surface area (Å²) >= 11 is 3.35. The van der Waals surface area contributed by atoms with Gasteiger partial charge in [-0.3, -0.25) is 9.10 Å². The number of carbonyl (C=O) groups excluding carboxylic acids is 1. The number of rotatable bonds is 8. The lowest BCUT2D eigenvalue weighted by molar-refractivity contribution is -0.119. The standard InChI is InChI=1S/C22H20BrN3O4S/c1-30-20-7-5-6-19(14-20)26(31(28,29)21-8-3-2-4-9-21)16-22(27)25-24-15-17-10-12-18(23)13-11-17/h2-15H,16H2,1H3,(H,25,27)/b24-15-. The van der Waals surface area contributed by atoms with Gasteiger partial charge in [-0.1, -0.05) is 52.3 Å². The SMILES string of the molecule is COc1cccc(N(CC(=O)N/N=C\c2ccc(Br)cc2)S(=O)(=O)c2ccccc2)c1. The molecule has 0 atom stereocenters. The fourth-order valence-corrected chi connectivity index (χ4v) is 4.39. The minimum Gasteiger partial charge on any atom is -0.497 e. The zero-order valence-corrected chi connectivity index (χ0v) is 19.0. The Hall–Kier alpha value is -3.17. The Balaban J connectivity index is 1.84. The molecule has 3 aromatic rings. The van der Waals surface area contributed by atoms with Crippen molar-refractivity contribution in [3.8, 4) is 5.75 Å². The number of methoxy groups -OCH3 is 1. The Morgan fingerprint density at radius 1 is 1.06 bits per heavy atom. The Kier molecular flexibility index (Phi) is 7.43. The van der Waals surface area contributed by atoms with Gasteiger partial charge in [-0.25, -0.2) is 13.8 Å². The number of amides is 1. The lowest BCUT2D eigenvalue weighted by Crippen LogP contribution is -2.39. The van der Waals surface area contributed by atoms with Crippen molar-refractivity contribution in [1.82, 2.24) is 5.43 Å². The summed E-state index contributed by atoms with van der Waals surface area (Å²) in [6.07, 6.45) is 1.48. The molecule has 0 unspecified atom stereocenters. The van der Waals surface area contributed by atoms with Crippen LogP contribution >= 0.6 is 15.9 Å². The minimum atomic E-state index is -4.00. The summed E-state index contributed by atoms with van der Waals surface area (Å²) < 4.78 is 33.7. The summed E-state index contributed by atoms with van der Waals surface area (Å²) in [6, 6.07) is 21.8. The summed E-state index contributed by atoms with van der Waals surface area (Å²) in [6.45, 7) is -0.456. The maximum absolute atomic E-state index is 13.3. The van der Waals surface area contributed by atoms with Crippen molar-refractivity contribution in [3.63, 3.8) is 0 Å². The maximum atomic E-state index is 13.3. The molecule has 0 saturated heterocycles. The maximum Gasteiger partial charge on any atom is 0.264 e. The fraction of sp³-hybridized carbons (Fsp3) is 0.0909. The lowest BCUT2D eigenvalue weighted by Gasteiger charge is -2.24. The van der Waals surface area contributed by atoms with Crippen molar-refractivity contribution >= 4 is 43.8 Å². The van der Waals surface area contributed by atoms with Crippen LogP contribution in [-0.4, -0.2) is 34.2 Å². The van der Waals surface area contributed by atoms with E-state index in [2.05, 4.69) is 26.5 Å². The van der Waals surface area contributed by atoms with E-state index in [-0.39, 0.29) is 4.90 Å². The first kappa shape index (κ1) is 22.5. The fourth-order valence-electron chi connectivity index (χ4n) is 2.69. The lowest BCUT2D eigenvalue weighted by atomic mass is 10.2. The van der Waals surface area contributed by atoms with Gasteiger partial charge in [-0.05, 0) is 42.0 Å². The second-order valence-corrected chi connectivity index (χ2v) is 9.15. The van der Waals surface area contributed by atoms with Crippen molar-refractivity contribution in [3.05, 3.63) is 88.9 Å². The van der Waals surface area contributed by atoms with E-state index in [9.17, 15) is 13.2 Å². The van der Waals surface area contributed by atoms with E-state index < -0.39 is 22.5 Å². The normalized spacial score (nSPS) is 11.3. The van der Waals surface area contributed by atoms with Gasteiger partial charge in [0, 0.05) is 10.5 Å². The first-order valence-corrected chi connectivity index (χ1v) is 11.4. The van der Waals surface area contributed by atoms with Crippen molar-refractivity contribution in [1.29, 1.82) is 0 Å². The predicted octanol–water partition coefficient (Wildman–Crippen LogP) is 3.80. The van der Waals surface area contributed by atoms with Crippen molar-refractivity contribution in [2.24, 2.45) is 5.10 Å². The minimum absolute atomic E-state index is 0.0731. The van der Waals surface area contributed by atoms with E-state index in [0.29, 0.717) is 11.4 Å². The van der Waals surface area contributed by atoms with Crippen LogP contribution in [0.2, 0.25) is 0 Å². The number of hydrazone groups is 1. The van der Waals surface area contributed by atoms with E-state index in [0.717, 1.165) is 14.3 Å². The zero-order chi connectivity index (χ0) is 22.3. The summed E-state index contributed by atoms with van der Waals surface area (Å²) in [5.74, 6) is -0.116. The van der Waals surface area contributed by atoms with Gasteiger partial charge in [0.1, 0.15) is 12.3 Å². The van der Waals surface area contributed by atoms with Gasteiger partial charge in [-0.2, -0.15) is 5.10 Å². The molecule has 0 spiro atoms. The van der Waals surface area contributed by atoms with Crippen molar-refractivity contribution < 1.29 is 17.9 Å².